The molecule has 9 heteroatoms. The maximum atomic E-state index is 11.8. The monoisotopic (exact) mass is 326 g/mol. The molecule has 2 heterocycles. The molecule has 2 fully saturated rings. The van der Waals surface area contributed by atoms with Crippen molar-refractivity contribution < 1.29 is 24.5 Å². The Balaban J connectivity index is 1.81. The van der Waals surface area contributed by atoms with Crippen molar-refractivity contribution in [3.05, 3.63) is 33.1 Å². The van der Waals surface area contributed by atoms with Gasteiger partial charge < -0.3 is 19.7 Å². The molecule has 3 N–H and O–H groups in total. The van der Waals surface area contributed by atoms with Gasteiger partial charge in [-0.2, -0.15) is 0 Å². The van der Waals surface area contributed by atoms with E-state index >= 15 is 0 Å². The first-order valence-corrected chi connectivity index (χ1v) is 7.32. The van der Waals surface area contributed by atoms with E-state index in [0.717, 1.165) is 10.6 Å². The number of nitrogens with zero attached hydrogens (tertiary/aromatic N) is 1. The van der Waals surface area contributed by atoms with Crippen molar-refractivity contribution in [2.45, 2.75) is 50.4 Å². The number of carbonyl (C=O) groups is 1. The maximum Gasteiger partial charge on any atom is 0.330 e. The number of aliphatic hydroxyl groups is 2. The lowest BCUT2D eigenvalue weighted by molar-refractivity contribution is -0.154. The van der Waals surface area contributed by atoms with Crippen LogP contribution in [-0.4, -0.2) is 49.6 Å². The van der Waals surface area contributed by atoms with Crippen LogP contribution < -0.4 is 11.2 Å². The SMILES string of the molecule is CC(C)C(=O)O[C@H]1C[C@@]12O[C@@H](n1ccc(=O)[nH]c1=O)C(O)C2O. The van der Waals surface area contributed by atoms with Gasteiger partial charge in [0.2, 0.25) is 0 Å². The number of H-pyrrole nitrogens is 1. The molecule has 1 aliphatic carbocycles. The number of esters is 1. The molecule has 3 rings (SSSR count). The Bertz CT molecular complexity index is 739. The number of hydrogen-bond acceptors (Lipinski definition) is 7. The van der Waals surface area contributed by atoms with Crippen molar-refractivity contribution >= 4 is 5.97 Å². The molecule has 1 aliphatic heterocycles. The lowest BCUT2D eigenvalue weighted by atomic mass is 10.1. The first-order valence-electron chi connectivity index (χ1n) is 7.32. The minimum atomic E-state index is -1.39. The Hall–Kier alpha value is -1.97. The number of aliphatic hydroxyl groups excluding tert-OH is 2. The van der Waals surface area contributed by atoms with Gasteiger partial charge in [0.25, 0.3) is 5.56 Å². The molecule has 23 heavy (non-hydrogen) atoms. The molecule has 0 bridgehead atoms. The van der Waals surface area contributed by atoms with Crippen LogP contribution in [0.2, 0.25) is 0 Å². The van der Waals surface area contributed by atoms with Crippen LogP contribution in [0.1, 0.15) is 26.5 Å². The van der Waals surface area contributed by atoms with Crippen molar-refractivity contribution in [3.63, 3.8) is 0 Å². The van der Waals surface area contributed by atoms with Gasteiger partial charge in [-0.05, 0) is 0 Å². The second-order valence-electron chi connectivity index (χ2n) is 6.20. The highest BCUT2D eigenvalue weighted by molar-refractivity contribution is 5.72. The van der Waals surface area contributed by atoms with Crippen LogP contribution in [0.4, 0.5) is 0 Å². The van der Waals surface area contributed by atoms with Crippen molar-refractivity contribution in [2.75, 3.05) is 0 Å². The summed E-state index contributed by atoms with van der Waals surface area (Å²) in [4.78, 5) is 36.6. The summed E-state index contributed by atoms with van der Waals surface area (Å²) in [6.45, 7) is 3.36. The predicted octanol–water partition coefficient (Wildman–Crippen LogP) is -1.50. The molecule has 2 aliphatic rings. The zero-order valence-corrected chi connectivity index (χ0v) is 12.6. The summed E-state index contributed by atoms with van der Waals surface area (Å²) in [6, 6.07) is 1.11. The average molecular weight is 326 g/mol. The highest BCUT2D eigenvalue weighted by Crippen LogP contribution is 2.54. The fourth-order valence-corrected chi connectivity index (χ4v) is 2.74. The molecule has 0 amide bonds. The third-order valence-corrected chi connectivity index (χ3v) is 4.20. The molecule has 0 radical (unpaired) electrons. The number of carbonyl (C=O) groups excluding carboxylic acids is 1. The number of aromatic amines is 1. The van der Waals surface area contributed by atoms with Gasteiger partial charge in [0.05, 0.1) is 5.92 Å². The van der Waals surface area contributed by atoms with E-state index in [2.05, 4.69) is 4.98 Å². The zero-order valence-electron chi connectivity index (χ0n) is 12.6. The van der Waals surface area contributed by atoms with Crippen molar-refractivity contribution in [3.8, 4) is 0 Å². The summed E-state index contributed by atoms with van der Waals surface area (Å²) < 4.78 is 11.9. The van der Waals surface area contributed by atoms with Gasteiger partial charge in [0, 0.05) is 18.7 Å². The Morgan fingerprint density at radius 1 is 1.48 bits per heavy atom. The highest BCUT2D eigenvalue weighted by atomic mass is 16.6. The third-order valence-electron chi connectivity index (χ3n) is 4.20. The Morgan fingerprint density at radius 2 is 2.17 bits per heavy atom. The number of aromatic nitrogens is 2. The van der Waals surface area contributed by atoms with Gasteiger partial charge in [0.15, 0.2) is 6.23 Å². The molecule has 126 valence electrons. The van der Waals surface area contributed by atoms with Crippen LogP contribution >= 0.6 is 0 Å². The van der Waals surface area contributed by atoms with Gasteiger partial charge in [-0.15, -0.1) is 0 Å². The molecule has 0 aromatic carbocycles. The minimum absolute atomic E-state index is 0.234. The molecule has 1 spiro atoms. The van der Waals surface area contributed by atoms with E-state index in [-0.39, 0.29) is 12.3 Å². The summed E-state index contributed by atoms with van der Waals surface area (Å²) in [7, 11) is 0. The molecule has 1 aromatic rings. The van der Waals surface area contributed by atoms with Crippen LogP contribution in [0.25, 0.3) is 0 Å². The molecule has 1 aromatic heterocycles. The minimum Gasteiger partial charge on any atom is -0.459 e. The van der Waals surface area contributed by atoms with Gasteiger partial charge >= 0.3 is 11.7 Å². The molecule has 1 saturated carbocycles. The van der Waals surface area contributed by atoms with Gasteiger partial charge in [-0.3, -0.25) is 19.1 Å². The second-order valence-corrected chi connectivity index (χ2v) is 6.20. The smallest absolute Gasteiger partial charge is 0.330 e. The fraction of sp³-hybridized carbons (Fsp3) is 0.643. The van der Waals surface area contributed by atoms with Crippen LogP contribution in [0.3, 0.4) is 0 Å². The number of hydrogen-bond donors (Lipinski definition) is 3. The lowest BCUT2D eigenvalue weighted by Crippen LogP contribution is -2.38. The second kappa shape index (κ2) is 5.29. The van der Waals surface area contributed by atoms with E-state index in [4.69, 9.17) is 9.47 Å². The Morgan fingerprint density at radius 3 is 2.78 bits per heavy atom. The number of nitrogens with one attached hydrogen (secondary N) is 1. The van der Waals surface area contributed by atoms with Gasteiger partial charge in [-0.1, -0.05) is 13.8 Å². The van der Waals surface area contributed by atoms with Crippen LogP contribution in [0, 0.1) is 5.92 Å². The van der Waals surface area contributed by atoms with Crippen molar-refractivity contribution in [2.24, 2.45) is 5.92 Å². The summed E-state index contributed by atoms with van der Waals surface area (Å²) in [5.74, 6) is -0.754. The summed E-state index contributed by atoms with van der Waals surface area (Å²) in [5, 5.41) is 20.4. The average Bonchev–Trinajstić information content (AvgIpc) is 3.11. The van der Waals surface area contributed by atoms with E-state index in [1.54, 1.807) is 13.8 Å². The standard InChI is InChI=1S/C14H18N2O7/c1-6(2)12(20)22-7-5-14(7)10(19)9(18)11(23-14)16-4-3-8(17)15-13(16)21/h3-4,6-7,9-11,18-19H,5H2,1-2H3,(H,15,17,21)/t7-,9?,10?,11+,14+/m0/s1. The maximum absolute atomic E-state index is 11.8. The van der Waals surface area contributed by atoms with Crippen LogP contribution in [-0.2, 0) is 14.3 Å². The molecular formula is C14H18N2O7. The molecule has 1 saturated heterocycles. The largest absolute Gasteiger partial charge is 0.459 e. The van der Waals surface area contributed by atoms with Crippen LogP contribution in [0.5, 0.6) is 0 Å². The first-order chi connectivity index (χ1) is 10.8. The fourth-order valence-electron chi connectivity index (χ4n) is 2.74. The number of rotatable bonds is 3. The number of ether oxygens (including phenoxy) is 2. The predicted molar refractivity (Wildman–Crippen MR) is 75.5 cm³/mol. The van der Waals surface area contributed by atoms with Crippen LogP contribution in [0.15, 0.2) is 21.9 Å². The summed E-state index contributed by atoms with van der Waals surface area (Å²) >= 11 is 0. The zero-order chi connectivity index (χ0) is 16.9. The van der Waals surface area contributed by atoms with E-state index in [1.807, 2.05) is 0 Å². The molecule has 2 unspecified atom stereocenters. The topological polar surface area (TPSA) is 131 Å². The van der Waals surface area contributed by atoms with Crippen molar-refractivity contribution in [1.82, 2.24) is 9.55 Å². The quantitative estimate of drug-likeness (QED) is 0.576. The van der Waals surface area contributed by atoms with Gasteiger partial charge in [-0.25, -0.2) is 4.79 Å². The third kappa shape index (κ3) is 2.50. The molecule has 9 nitrogen and oxygen atoms in total. The molecular weight excluding hydrogens is 308 g/mol. The Kier molecular flexibility index (Phi) is 3.66. The summed E-state index contributed by atoms with van der Waals surface area (Å²) in [5.41, 5.74) is -2.56. The first kappa shape index (κ1) is 15.9. The van der Waals surface area contributed by atoms with E-state index in [9.17, 15) is 24.6 Å². The highest BCUT2D eigenvalue weighted by Gasteiger charge is 2.71. The lowest BCUT2D eigenvalue weighted by Gasteiger charge is -2.16. The van der Waals surface area contributed by atoms with E-state index in [0.29, 0.717) is 0 Å². The normalized spacial score (nSPS) is 35.7. The van der Waals surface area contributed by atoms with E-state index in [1.165, 1.54) is 6.20 Å². The molecule has 5 atom stereocenters. The summed E-state index contributed by atoms with van der Waals surface area (Å²) in [6.07, 6.45) is -3.13. The van der Waals surface area contributed by atoms with Gasteiger partial charge in [0.1, 0.15) is 23.9 Å². The Labute approximate surface area is 130 Å². The van der Waals surface area contributed by atoms with E-state index < -0.39 is 47.4 Å². The van der Waals surface area contributed by atoms with Crippen molar-refractivity contribution in [1.29, 1.82) is 0 Å².